The number of carbonyl (C=O) groups excluding carboxylic acids is 9. The Morgan fingerprint density at radius 3 is 1.86 bits per heavy atom. The molecule has 8 atom stereocenters. The molecule has 0 saturated carbocycles. The van der Waals surface area contributed by atoms with Gasteiger partial charge in [-0.3, -0.25) is 48.6 Å². The zero-order chi connectivity index (χ0) is 52.7. The monoisotopic (exact) mass is 996 g/mol. The van der Waals surface area contributed by atoms with Gasteiger partial charge in [-0.2, -0.15) is 0 Å². The number of hydrogen-bond donors (Lipinski definition) is 17. The van der Waals surface area contributed by atoms with Gasteiger partial charge in [0.1, 0.15) is 48.3 Å². The number of carboxylic acids is 1. The number of amides is 9. The highest BCUT2D eigenvalue weighted by Crippen LogP contribution is 2.21. The Morgan fingerprint density at radius 2 is 1.33 bits per heavy atom. The standard InChI is InChI=1S/C41H69N15O14/c1-20(2)11-25(50-30(60)14-48-35(64)27(17-58)54-33(62)23(42)16-57)36(65)55-32(21(3)4)39(68)56-10-6-8-29(56)38(67)52-24(7-5-9-46-41(43)44)34(63)47-15-31(61)51-28(18-59)37(66)53-26(40(69)70)12-22-13-45-19-49-22/h13,19-21,23-29,32,57-59H,5-12,14-18,42H2,1-4H3,(H,45,49)(H,47,63)(H,48,64)(H,50,60)(H,51,61)(H,52,67)(H,53,66)(H,54,62)(H,55,65)(H,69,70)(H4,43,44,46)/t23-,24-,25-,26-,27-,28-,29-,32-/m0/s1. The number of aromatic amines is 1. The Morgan fingerprint density at radius 1 is 0.757 bits per heavy atom. The van der Waals surface area contributed by atoms with E-state index in [9.17, 15) is 63.3 Å². The van der Waals surface area contributed by atoms with Crippen molar-refractivity contribution in [3.8, 4) is 0 Å². The predicted octanol–water partition coefficient (Wildman–Crippen LogP) is -7.56. The molecule has 19 N–H and O–H groups in total. The molecule has 0 radical (unpaired) electrons. The third kappa shape index (κ3) is 19.9. The maximum Gasteiger partial charge on any atom is 0.326 e. The summed E-state index contributed by atoms with van der Waals surface area (Å²) in [5.74, 6) is -10.1. The molecule has 29 nitrogen and oxygen atoms in total. The van der Waals surface area contributed by atoms with Crippen LogP contribution in [0.25, 0.3) is 0 Å². The van der Waals surface area contributed by atoms with E-state index in [0.717, 1.165) is 0 Å². The molecule has 1 aliphatic rings. The molecule has 2 rings (SSSR count). The first-order valence-electron chi connectivity index (χ1n) is 22.6. The van der Waals surface area contributed by atoms with Gasteiger partial charge in [-0.15, -0.1) is 0 Å². The fraction of sp³-hybridized carbons (Fsp3) is 0.659. The summed E-state index contributed by atoms with van der Waals surface area (Å²) in [6.07, 6.45) is 3.29. The lowest BCUT2D eigenvalue weighted by Crippen LogP contribution is -2.60. The molecule has 1 fully saturated rings. The van der Waals surface area contributed by atoms with E-state index in [1.165, 1.54) is 17.4 Å². The lowest BCUT2D eigenvalue weighted by atomic mass is 9.99. The van der Waals surface area contributed by atoms with Crippen molar-refractivity contribution in [1.82, 2.24) is 62.7 Å². The van der Waals surface area contributed by atoms with E-state index in [1.54, 1.807) is 27.7 Å². The van der Waals surface area contributed by atoms with Crippen LogP contribution < -0.4 is 59.3 Å². The van der Waals surface area contributed by atoms with Crippen LogP contribution in [0.5, 0.6) is 0 Å². The lowest BCUT2D eigenvalue weighted by Gasteiger charge is -2.32. The van der Waals surface area contributed by atoms with Gasteiger partial charge >= 0.3 is 5.97 Å². The first kappa shape index (κ1) is 59.1. The van der Waals surface area contributed by atoms with Crippen LogP contribution in [0.2, 0.25) is 0 Å². The van der Waals surface area contributed by atoms with Gasteiger partial charge in [0.15, 0.2) is 5.96 Å². The molecule has 1 aromatic heterocycles. The quantitative estimate of drug-likeness (QED) is 0.0193. The molecule has 1 aromatic rings. The van der Waals surface area contributed by atoms with E-state index in [-0.39, 0.29) is 57.1 Å². The van der Waals surface area contributed by atoms with Crippen LogP contribution in [-0.4, -0.2) is 195 Å². The zero-order valence-electron chi connectivity index (χ0n) is 39.5. The number of nitrogens with one attached hydrogen (secondary N) is 11. The van der Waals surface area contributed by atoms with Gasteiger partial charge in [-0.25, -0.2) is 9.78 Å². The van der Waals surface area contributed by atoms with Crippen LogP contribution in [0.15, 0.2) is 12.5 Å². The van der Waals surface area contributed by atoms with Crippen molar-refractivity contribution in [2.45, 2.75) is 115 Å². The van der Waals surface area contributed by atoms with E-state index >= 15 is 0 Å². The normalized spacial score (nSPS) is 16.3. The van der Waals surface area contributed by atoms with Gasteiger partial charge in [-0.1, -0.05) is 27.7 Å². The van der Waals surface area contributed by atoms with Crippen molar-refractivity contribution in [1.29, 1.82) is 5.41 Å². The predicted molar refractivity (Wildman–Crippen MR) is 245 cm³/mol. The van der Waals surface area contributed by atoms with E-state index in [0.29, 0.717) is 12.1 Å². The van der Waals surface area contributed by atoms with Crippen LogP contribution in [0.1, 0.15) is 65.5 Å². The number of aliphatic hydroxyl groups excluding tert-OH is 3. The molecule has 1 saturated heterocycles. The Labute approximate surface area is 403 Å². The molecule has 9 amide bonds. The van der Waals surface area contributed by atoms with Gasteiger partial charge in [0, 0.05) is 25.7 Å². The second-order valence-electron chi connectivity index (χ2n) is 17.1. The van der Waals surface area contributed by atoms with Crippen molar-refractivity contribution < 1.29 is 68.4 Å². The number of nitrogens with zero attached hydrogens (tertiary/aromatic N) is 2. The number of nitrogens with two attached hydrogens (primary N) is 2. The molecular formula is C41H69N15O14. The van der Waals surface area contributed by atoms with Gasteiger partial charge < -0.3 is 89.6 Å². The molecule has 0 bridgehead atoms. The number of aromatic nitrogens is 2. The number of carboxylic acid groups (broad SMARTS) is 1. The second kappa shape index (κ2) is 29.8. The maximum absolute atomic E-state index is 14.2. The summed E-state index contributed by atoms with van der Waals surface area (Å²) < 4.78 is 0. The topological polar surface area (TPSA) is 468 Å². The first-order valence-corrected chi connectivity index (χ1v) is 22.6. The minimum atomic E-state index is -1.61. The van der Waals surface area contributed by atoms with E-state index in [1.807, 2.05) is 0 Å². The summed E-state index contributed by atoms with van der Waals surface area (Å²) in [6.45, 7) is 3.13. The molecule has 29 heteroatoms. The van der Waals surface area contributed by atoms with Crippen molar-refractivity contribution in [3.63, 3.8) is 0 Å². The van der Waals surface area contributed by atoms with Gasteiger partial charge in [0.25, 0.3) is 0 Å². The second-order valence-corrected chi connectivity index (χ2v) is 17.1. The number of guanidine groups is 1. The summed E-state index contributed by atoms with van der Waals surface area (Å²) in [7, 11) is 0. The SMILES string of the molecule is CC(C)C[C@H](NC(=O)CNC(=O)[C@H](CO)NC(=O)[C@@H](N)CO)C(=O)N[C@H](C(=O)N1CCC[C@H]1C(=O)N[C@@H](CCCNC(=N)N)C(=O)NCC(=O)N[C@@H](CO)C(=O)N[C@@H](Cc1c[nH]cn1)C(=O)O)C(C)C. The van der Waals surface area contributed by atoms with E-state index < -0.39 is 146 Å². The van der Waals surface area contributed by atoms with Crippen LogP contribution in [0.3, 0.4) is 0 Å². The molecule has 0 aromatic carbocycles. The van der Waals surface area contributed by atoms with Gasteiger partial charge in [0.05, 0.1) is 44.9 Å². The Hall–Kier alpha value is -6.98. The third-order valence-corrected chi connectivity index (χ3v) is 10.7. The summed E-state index contributed by atoms with van der Waals surface area (Å²) in [6, 6.07) is -10.8. The fourth-order valence-electron chi connectivity index (χ4n) is 6.92. The van der Waals surface area contributed by atoms with E-state index in [2.05, 4.69) is 57.8 Å². The number of imidazole rings is 1. The zero-order valence-corrected chi connectivity index (χ0v) is 39.5. The number of aliphatic hydroxyl groups is 3. The molecule has 1 aliphatic heterocycles. The largest absolute Gasteiger partial charge is 0.480 e. The molecule has 0 unspecified atom stereocenters. The van der Waals surface area contributed by atoms with Crippen LogP contribution in [-0.2, 0) is 54.4 Å². The summed E-state index contributed by atoms with van der Waals surface area (Å²) in [4.78, 5) is 138. The molecular weight excluding hydrogens is 927 g/mol. The van der Waals surface area contributed by atoms with Crippen molar-refractivity contribution in [2.75, 3.05) is 46.0 Å². The minimum Gasteiger partial charge on any atom is -0.480 e. The van der Waals surface area contributed by atoms with Crippen LogP contribution in [0.4, 0.5) is 0 Å². The Balaban J connectivity index is 2.15. The fourth-order valence-corrected chi connectivity index (χ4v) is 6.92. The number of hydrogen-bond acceptors (Lipinski definition) is 16. The Kier molecular flexibility index (Phi) is 25.2. The van der Waals surface area contributed by atoms with Crippen LogP contribution in [0, 0.1) is 17.2 Å². The minimum absolute atomic E-state index is 0.0520. The molecule has 0 aliphatic carbocycles. The highest BCUT2D eigenvalue weighted by Gasteiger charge is 2.40. The number of carbonyl (C=O) groups is 10. The highest BCUT2D eigenvalue weighted by molar-refractivity contribution is 5.98. The molecule has 392 valence electrons. The average Bonchev–Trinajstić information content (AvgIpc) is 4.03. The Bertz CT molecular complexity index is 1970. The maximum atomic E-state index is 14.2. The summed E-state index contributed by atoms with van der Waals surface area (Å²) >= 11 is 0. The number of H-pyrrole nitrogens is 1. The summed E-state index contributed by atoms with van der Waals surface area (Å²) in [5.41, 5.74) is 11.1. The average molecular weight is 996 g/mol. The molecule has 2 heterocycles. The van der Waals surface area contributed by atoms with E-state index in [4.69, 9.17) is 22.0 Å². The molecule has 0 spiro atoms. The number of likely N-dealkylation sites (tertiary alicyclic amines) is 1. The summed E-state index contributed by atoms with van der Waals surface area (Å²) in [5, 5.41) is 67.0. The van der Waals surface area contributed by atoms with Crippen molar-refractivity contribution in [2.24, 2.45) is 23.3 Å². The van der Waals surface area contributed by atoms with Gasteiger partial charge in [0.2, 0.25) is 53.2 Å². The molecule has 70 heavy (non-hydrogen) atoms. The first-order chi connectivity index (χ1) is 33.0. The van der Waals surface area contributed by atoms with Crippen molar-refractivity contribution in [3.05, 3.63) is 18.2 Å². The smallest absolute Gasteiger partial charge is 0.326 e. The highest BCUT2D eigenvalue weighted by atomic mass is 16.4. The van der Waals surface area contributed by atoms with Crippen molar-refractivity contribution >= 4 is 65.1 Å². The number of aliphatic carboxylic acids is 1. The van der Waals surface area contributed by atoms with Gasteiger partial charge in [-0.05, 0) is 43.9 Å². The number of rotatable bonds is 30. The lowest BCUT2D eigenvalue weighted by molar-refractivity contribution is -0.143. The van der Waals surface area contributed by atoms with Crippen LogP contribution >= 0.6 is 0 Å². The third-order valence-electron chi connectivity index (χ3n) is 10.7.